The van der Waals surface area contributed by atoms with Crippen molar-refractivity contribution in [1.82, 2.24) is 4.90 Å². The highest BCUT2D eigenvalue weighted by Gasteiger charge is 2.27. The summed E-state index contributed by atoms with van der Waals surface area (Å²) in [6.45, 7) is 5.01. The molecule has 2 aromatic rings. The predicted molar refractivity (Wildman–Crippen MR) is 101 cm³/mol. The van der Waals surface area contributed by atoms with Crippen LogP contribution in [0.4, 0.5) is 0 Å². The number of benzene rings is 2. The topological polar surface area (TPSA) is 47.7 Å². The third-order valence-corrected chi connectivity index (χ3v) is 4.96. The van der Waals surface area contributed by atoms with Crippen molar-refractivity contribution in [3.05, 3.63) is 59.2 Å². The average molecular weight is 340 g/mol. The van der Waals surface area contributed by atoms with Gasteiger partial charge < -0.3 is 15.2 Å². The molecular formula is C21H28N2O2. The molecule has 1 aliphatic heterocycles. The molecule has 0 saturated carbocycles. The van der Waals surface area contributed by atoms with Crippen molar-refractivity contribution in [3.63, 3.8) is 0 Å². The second-order valence-electron chi connectivity index (χ2n) is 6.99. The van der Waals surface area contributed by atoms with Gasteiger partial charge in [0.25, 0.3) is 0 Å². The van der Waals surface area contributed by atoms with E-state index in [4.69, 9.17) is 15.2 Å². The van der Waals surface area contributed by atoms with E-state index in [0.29, 0.717) is 5.92 Å². The zero-order valence-electron chi connectivity index (χ0n) is 15.4. The van der Waals surface area contributed by atoms with Crippen LogP contribution in [0.2, 0.25) is 0 Å². The van der Waals surface area contributed by atoms with E-state index < -0.39 is 0 Å². The van der Waals surface area contributed by atoms with E-state index in [1.165, 1.54) is 16.7 Å². The Morgan fingerprint density at radius 2 is 1.72 bits per heavy atom. The van der Waals surface area contributed by atoms with Crippen molar-refractivity contribution in [2.75, 3.05) is 27.3 Å². The van der Waals surface area contributed by atoms with Crippen LogP contribution in [-0.2, 0) is 6.54 Å². The van der Waals surface area contributed by atoms with E-state index in [1.807, 2.05) is 6.07 Å². The number of aryl methyl sites for hydroxylation is 1. The Balaban J connectivity index is 1.75. The maximum absolute atomic E-state index is 6.36. The van der Waals surface area contributed by atoms with E-state index in [2.05, 4.69) is 48.2 Å². The Kier molecular flexibility index (Phi) is 5.61. The molecule has 0 spiro atoms. The number of piperidine rings is 1. The van der Waals surface area contributed by atoms with Crippen LogP contribution in [-0.4, -0.2) is 38.3 Å². The van der Waals surface area contributed by atoms with Crippen LogP contribution in [0.15, 0.2) is 42.5 Å². The third kappa shape index (κ3) is 4.33. The Morgan fingerprint density at radius 3 is 2.40 bits per heavy atom. The molecule has 1 fully saturated rings. The first-order valence-corrected chi connectivity index (χ1v) is 8.84. The highest BCUT2D eigenvalue weighted by molar-refractivity contribution is 5.44. The minimum Gasteiger partial charge on any atom is -0.493 e. The lowest BCUT2D eigenvalue weighted by Crippen LogP contribution is -2.45. The van der Waals surface area contributed by atoms with E-state index in [9.17, 15) is 0 Å². The van der Waals surface area contributed by atoms with Crippen LogP contribution < -0.4 is 15.2 Å². The van der Waals surface area contributed by atoms with E-state index in [1.54, 1.807) is 14.2 Å². The quantitative estimate of drug-likeness (QED) is 0.907. The maximum atomic E-state index is 6.36. The summed E-state index contributed by atoms with van der Waals surface area (Å²) in [4.78, 5) is 2.46. The van der Waals surface area contributed by atoms with Crippen LogP contribution in [0, 0.1) is 6.92 Å². The molecule has 134 valence electrons. The fraction of sp³-hybridized carbons (Fsp3) is 0.429. The molecule has 2 unspecified atom stereocenters. The van der Waals surface area contributed by atoms with Crippen molar-refractivity contribution in [2.24, 2.45) is 5.73 Å². The third-order valence-electron chi connectivity index (χ3n) is 4.96. The fourth-order valence-electron chi connectivity index (χ4n) is 3.66. The van der Waals surface area contributed by atoms with Crippen LogP contribution >= 0.6 is 0 Å². The molecule has 0 aromatic heterocycles. The molecule has 0 amide bonds. The number of rotatable bonds is 5. The van der Waals surface area contributed by atoms with Crippen molar-refractivity contribution in [2.45, 2.75) is 31.8 Å². The molecule has 1 heterocycles. The average Bonchev–Trinajstić information content (AvgIpc) is 2.62. The number of hydrogen-bond donors (Lipinski definition) is 1. The summed E-state index contributed by atoms with van der Waals surface area (Å²) in [6.07, 6.45) is 1.000. The number of likely N-dealkylation sites (tertiary alicyclic amines) is 1. The SMILES string of the molecule is COc1ccc(C2CC(N)CN(Cc3ccc(C)cc3)C2)cc1OC. The minimum atomic E-state index is 0.192. The Hall–Kier alpha value is -2.04. The van der Waals surface area contributed by atoms with Gasteiger partial charge in [0.2, 0.25) is 0 Å². The highest BCUT2D eigenvalue weighted by atomic mass is 16.5. The standard InChI is InChI=1S/C21H28N2O2/c1-15-4-6-16(7-5-15)12-23-13-18(10-19(22)14-23)17-8-9-20(24-2)21(11-17)25-3/h4-9,11,18-19H,10,12-14,22H2,1-3H3. The Bertz CT molecular complexity index is 700. The van der Waals surface area contributed by atoms with Crippen molar-refractivity contribution >= 4 is 0 Å². The largest absolute Gasteiger partial charge is 0.493 e. The Morgan fingerprint density at radius 1 is 1.00 bits per heavy atom. The number of hydrogen-bond acceptors (Lipinski definition) is 4. The zero-order chi connectivity index (χ0) is 17.8. The molecular weight excluding hydrogens is 312 g/mol. The fourth-order valence-corrected chi connectivity index (χ4v) is 3.66. The van der Waals surface area contributed by atoms with Gasteiger partial charge in [0.1, 0.15) is 0 Å². The van der Waals surface area contributed by atoms with Gasteiger partial charge in [-0.25, -0.2) is 0 Å². The molecule has 0 radical (unpaired) electrons. The molecule has 4 heteroatoms. The number of nitrogens with two attached hydrogens (primary N) is 1. The number of nitrogens with zero attached hydrogens (tertiary/aromatic N) is 1. The molecule has 0 aliphatic carbocycles. The second kappa shape index (κ2) is 7.89. The number of ether oxygens (including phenoxy) is 2. The minimum absolute atomic E-state index is 0.192. The van der Waals surface area contributed by atoms with Crippen molar-refractivity contribution in [3.8, 4) is 11.5 Å². The monoisotopic (exact) mass is 340 g/mol. The van der Waals surface area contributed by atoms with Gasteiger partial charge in [-0.05, 0) is 42.5 Å². The number of methoxy groups -OCH3 is 2. The van der Waals surface area contributed by atoms with Crippen LogP contribution in [0.1, 0.15) is 29.0 Å². The lowest BCUT2D eigenvalue weighted by Gasteiger charge is -2.36. The molecule has 1 saturated heterocycles. The first-order valence-electron chi connectivity index (χ1n) is 8.84. The second-order valence-corrected chi connectivity index (χ2v) is 6.99. The van der Waals surface area contributed by atoms with Crippen LogP contribution in [0.3, 0.4) is 0 Å². The van der Waals surface area contributed by atoms with Crippen LogP contribution in [0.5, 0.6) is 11.5 Å². The molecule has 3 rings (SSSR count). The smallest absolute Gasteiger partial charge is 0.160 e. The van der Waals surface area contributed by atoms with Gasteiger partial charge in [-0.2, -0.15) is 0 Å². The zero-order valence-corrected chi connectivity index (χ0v) is 15.4. The van der Waals surface area contributed by atoms with E-state index in [-0.39, 0.29) is 6.04 Å². The molecule has 25 heavy (non-hydrogen) atoms. The summed E-state index contributed by atoms with van der Waals surface area (Å²) in [5, 5.41) is 0. The van der Waals surface area contributed by atoms with Gasteiger partial charge in [0.15, 0.2) is 11.5 Å². The predicted octanol–water partition coefficient (Wildman–Crippen LogP) is 3.33. The summed E-state index contributed by atoms with van der Waals surface area (Å²) >= 11 is 0. The molecule has 0 bridgehead atoms. The summed E-state index contributed by atoms with van der Waals surface area (Å²) in [5.41, 5.74) is 10.3. The molecule has 4 nitrogen and oxygen atoms in total. The van der Waals surface area contributed by atoms with Gasteiger partial charge in [0, 0.05) is 25.7 Å². The van der Waals surface area contributed by atoms with Gasteiger partial charge >= 0.3 is 0 Å². The van der Waals surface area contributed by atoms with E-state index >= 15 is 0 Å². The van der Waals surface area contributed by atoms with Crippen LogP contribution in [0.25, 0.3) is 0 Å². The van der Waals surface area contributed by atoms with Gasteiger partial charge in [-0.1, -0.05) is 35.9 Å². The highest BCUT2D eigenvalue weighted by Crippen LogP contribution is 2.34. The van der Waals surface area contributed by atoms with Gasteiger partial charge in [-0.3, -0.25) is 4.90 Å². The first-order chi connectivity index (χ1) is 12.1. The lowest BCUT2D eigenvalue weighted by atomic mass is 9.88. The van der Waals surface area contributed by atoms with Crippen molar-refractivity contribution < 1.29 is 9.47 Å². The van der Waals surface area contributed by atoms with Gasteiger partial charge in [-0.15, -0.1) is 0 Å². The lowest BCUT2D eigenvalue weighted by molar-refractivity contribution is 0.181. The molecule has 2 N–H and O–H groups in total. The normalized spacial score (nSPS) is 21.1. The van der Waals surface area contributed by atoms with Crippen molar-refractivity contribution in [1.29, 1.82) is 0 Å². The summed E-state index contributed by atoms with van der Waals surface area (Å²) < 4.78 is 10.8. The summed E-state index contributed by atoms with van der Waals surface area (Å²) in [5.74, 6) is 1.96. The molecule has 1 aliphatic rings. The van der Waals surface area contributed by atoms with E-state index in [0.717, 1.165) is 37.6 Å². The summed E-state index contributed by atoms with van der Waals surface area (Å²) in [6, 6.07) is 15.2. The first kappa shape index (κ1) is 17.8. The maximum Gasteiger partial charge on any atom is 0.160 e. The Labute approximate surface area is 150 Å². The summed E-state index contributed by atoms with van der Waals surface area (Å²) in [7, 11) is 3.34. The molecule has 2 aromatic carbocycles. The molecule has 2 atom stereocenters. The van der Waals surface area contributed by atoms with Gasteiger partial charge in [0.05, 0.1) is 14.2 Å².